The van der Waals surface area contributed by atoms with Crippen LogP contribution in [0.3, 0.4) is 0 Å². The van der Waals surface area contributed by atoms with Gasteiger partial charge in [0.05, 0.1) is 25.6 Å². The second-order valence-corrected chi connectivity index (χ2v) is 7.58. The van der Waals surface area contributed by atoms with Gasteiger partial charge in [-0.25, -0.2) is 9.07 Å². The molecule has 1 N–H and O–H groups in total. The normalized spacial score (nSPS) is 10.9. The molecule has 4 aromatic rings. The maximum atomic E-state index is 13.4. The highest BCUT2D eigenvalue weighted by Gasteiger charge is 2.13. The van der Waals surface area contributed by atoms with Crippen LogP contribution in [-0.2, 0) is 13.1 Å². The third kappa shape index (κ3) is 4.81. The largest absolute Gasteiger partial charge is 0.493 e. The summed E-state index contributed by atoms with van der Waals surface area (Å²) >= 11 is 0. The van der Waals surface area contributed by atoms with Crippen LogP contribution in [0.5, 0.6) is 11.5 Å². The van der Waals surface area contributed by atoms with Crippen molar-refractivity contribution < 1.29 is 13.9 Å². The number of halogens is 1. The lowest BCUT2D eigenvalue weighted by atomic mass is 10.1. The molecule has 6 heteroatoms. The molecule has 1 heterocycles. The first-order chi connectivity index (χ1) is 15.6. The first-order valence-corrected chi connectivity index (χ1v) is 10.4. The van der Waals surface area contributed by atoms with Gasteiger partial charge in [-0.1, -0.05) is 35.9 Å². The second kappa shape index (κ2) is 9.66. The van der Waals surface area contributed by atoms with Crippen molar-refractivity contribution in [1.82, 2.24) is 15.1 Å². The predicted molar refractivity (Wildman–Crippen MR) is 124 cm³/mol. The van der Waals surface area contributed by atoms with Gasteiger partial charge in [0.25, 0.3) is 0 Å². The summed E-state index contributed by atoms with van der Waals surface area (Å²) < 4.78 is 25.9. The SMILES string of the molecule is COc1ccc(CNCc2cn(-c3ccc(F)cc3)nc2-c2ccc(C)cc2)cc1OC. The zero-order valence-electron chi connectivity index (χ0n) is 18.4. The molecule has 0 atom stereocenters. The number of nitrogens with one attached hydrogen (secondary N) is 1. The molecule has 4 rings (SSSR count). The molecule has 0 aliphatic carbocycles. The van der Waals surface area contributed by atoms with Gasteiger partial charge >= 0.3 is 0 Å². The van der Waals surface area contributed by atoms with E-state index in [0.29, 0.717) is 24.6 Å². The summed E-state index contributed by atoms with van der Waals surface area (Å²) in [5.74, 6) is 1.14. The van der Waals surface area contributed by atoms with E-state index in [-0.39, 0.29) is 5.82 Å². The average molecular weight is 432 g/mol. The van der Waals surface area contributed by atoms with Crippen LogP contribution < -0.4 is 14.8 Å². The number of aryl methyl sites for hydroxylation is 1. The molecule has 0 radical (unpaired) electrons. The summed E-state index contributed by atoms with van der Waals surface area (Å²) in [4.78, 5) is 0. The Kier molecular flexibility index (Phi) is 6.52. The topological polar surface area (TPSA) is 48.3 Å². The van der Waals surface area contributed by atoms with Crippen molar-refractivity contribution in [2.75, 3.05) is 14.2 Å². The summed E-state index contributed by atoms with van der Waals surface area (Å²) in [5, 5.41) is 8.30. The molecule has 0 aliphatic rings. The van der Waals surface area contributed by atoms with Crippen LogP contribution in [0.15, 0.2) is 72.9 Å². The molecule has 164 valence electrons. The Hall–Kier alpha value is -3.64. The zero-order valence-corrected chi connectivity index (χ0v) is 18.4. The van der Waals surface area contributed by atoms with Gasteiger partial charge in [0, 0.05) is 30.4 Å². The quantitative estimate of drug-likeness (QED) is 0.412. The summed E-state index contributed by atoms with van der Waals surface area (Å²) in [5.41, 5.74) is 6.09. The molecule has 0 unspecified atom stereocenters. The van der Waals surface area contributed by atoms with Crippen molar-refractivity contribution in [1.29, 1.82) is 0 Å². The molecular weight excluding hydrogens is 405 g/mol. The lowest BCUT2D eigenvalue weighted by Gasteiger charge is -2.10. The summed E-state index contributed by atoms with van der Waals surface area (Å²) in [6, 6.07) is 20.5. The molecule has 0 amide bonds. The zero-order chi connectivity index (χ0) is 22.5. The molecule has 5 nitrogen and oxygen atoms in total. The molecule has 3 aromatic carbocycles. The van der Waals surface area contributed by atoms with Gasteiger partial charge in [-0.2, -0.15) is 5.10 Å². The van der Waals surface area contributed by atoms with E-state index in [1.165, 1.54) is 17.7 Å². The summed E-state index contributed by atoms with van der Waals surface area (Å²) in [6.45, 7) is 3.35. The van der Waals surface area contributed by atoms with E-state index >= 15 is 0 Å². The Bertz CT molecular complexity index is 1180. The maximum Gasteiger partial charge on any atom is 0.161 e. The van der Waals surface area contributed by atoms with Crippen LogP contribution in [0.4, 0.5) is 4.39 Å². The predicted octanol–water partition coefficient (Wildman–Crippen LogP) is 5.29. The highest BCUT2D eigenvalue weighted by molar-refractivity contribution is 5.63. The number of hydrogen-bond donors (Lipinski definition) is 1. The summed E-state index contributed by atoms with van der Waals surface area (Å²) in [6.07, 6.45) is 1.99. The molecule has 0 fully saturated rings. The molecule has 32 heavy (non-hydrogen) atoms. The Balaban J connectivity index is 1.57. The van der Waals surface area contributed by atoms with Crippen molar-refractivity contribution in [3.63, 3.8) is 0 Å². The number of ether oxygens (including phenoxy) is 2. The molecular formula is C26H26FN3O2. The van der Waals surface area contributed by atoms with Crippen LogP contribution in [0.1, 0.15) is 16.7 Å². The van der Waals surface area contributed by atoms with Crippen LogP contribution in [0, 0.1) is 12.7 Å². The Morgan fingerprint density at radius 2 is 1.59 bits per heavy atom. The molecule has 0 saturated heterocycles. The van der Waals surface area contributed by atoms with Crippen molar-refractivity contribution in [2.45, 2.75) is 20.0 Å². The lowest BCUT2D eigenvalue weighted by molar-refractivity contribution is 0.354. The van der Waals surface area contributed by atoms with Gasteiger partial charge in [0.2, 0.25) is 0 Å². The van der Waals surface area contributed by atoms with Crippen molar-refractivity contribution >= 4 is 0 Å². The number of hydrogen-bond acceptors (Lipinski definition) is 4. The number of nitrogens with zero attached hydrogens (tertiary/aromatic N) is 2. The number of rotatable bonds is 8. The molecule has 0 spiro atoms. The minimum Gasteiger partial charge on any atom is -0.493 e. The standard InChI is InChI=1S/C26H26FN3O2/c1-18-4-7-20(8-5-18)26-21(17-30(29-26)23-11-9-22(27)10-12-23)16-28-15-19-6-13-24(31-2)25(14-19)32-3/h4-14,17,28H,15-16H2,1-3H3. The fraction of sp³-hybridized carbons (Fsp3) is 0.192. The smallest absolute Gasteiger partial charge is 0.161 e. The van der Waals surface area contributed by atoms with E-state index in [1.54, 1.807) is 31.0 Å². The fourth-order valence-corrected chi connectivity index (χ4v) is 3.55. The highest BCUT2D eigenvalue weighted by atomic mass is 19.1. The maximum absolute atomic E-state index is 13.4. The van der Waals surface area contributed by atoms with Crippen molar-refractivity contribution in [3.8, 4) is 28.4 Å². The van der Waals surface area contributed by atoms with Gasteiger partial charge in [0.15, 0.2) is 11.5 Å². The second-order valence-electron chi connectivity index (χ2n) is 7.58. The Morgan fingerprint density at radius 1 is 0.875 bits per heavy atom. The average Bonchev–Trinajstić information content (AvgIpc) is 3.24. The minimum absolute atomic E-state index is 0.267. The Labute approximate surface area is 187 Å². The first kappa shape index (κ1) is 21.6. The van der Waals surface area contributed by atoms with Gasteiger partial charge in [0.1, 0.15) is 5.82 Å². The van der Waals surface area contributed by atoms with Crippen LogP contribution in [0.2, 0.25) is 0 Å². The number of benzene rings is 3. The van der Waals surface area contributed by atoms with Crippen LogP contribution in [0.25, 0.3) is 16.9 Å². The van der Waals surface area contributed by atoms with Crippen LogP contribution >= 0.6 is 0 Å². The van der Waals surface area contributed by atoms with E-state index in [0.717, 1.165) is 28.1 Å². The number of aromatic nitrogens is 2. The first-order valence-electron chi connectivity index (χ1n) is 10.4. The number of methoxy groups -OCH3 is 2. The van der Waals surface area contributed by atoms with Crippen molar-refractivity contribution in [3.05, 3.63) is 95.4 Å². The monoisotopic (exact) mass is 431 g/mol. The van der Waals surface area contributed by atoms with Gasteiger partial charge in [-0.05, 0) is 48.9 Å². The Morgan fingerprint density at radius 3 is 2.28 bits per heavy atom. The van der Waals surface area contributed by atoms with Crippen LogP contribution in [-0.4, -0.2) is 24.0 Å². The van der Waals surface area contributed by atoms with E-state index in [4.69, 9.17) is 14.6 Å². The van der Waals surface area contributed by atoms with Gasteiger partial charge in [-0.15, -0.1) is 0 Å². The third-order valence-electron chi connectivity index (χ3n) is 5.30. The van der Waals surface area contributed by atoms with E-state index in [9.17, 15) is 4.39 Å². The third-order valence-corrected chi connectivity index (χ3v) is 5.30. The molecule has 0 saturated carbocycles. The van der Waals surface area contributed by atoms with E-state index < -0.39 is 0 Å². The molecule has 0 aliphatic heterocycles. The van der Waals surface area contributed by atoms with Gasteiger partial charge < -0.3 is 14.8 Å². The molecule has 1 aromatic heterocycles. The highest BCUT2D eigenvalue weighted by Crippen LogP contribution is 2.28. The minimum atomic E-state index is -0.267. The lowest BCUT2D eigenvalue weighted by Crippen LogP contribution is -2.13. The summed E-state index contributed by atoms with van der Waals surface area (Å²) in [7, 11) is 3.26. The van der Waals surface area contributed by atoms with E-state index in [1.807, 2.05) is 24.4 Å². The van der Waals surface area contributed by atoms with Crippen molar-refractivity contribution in [2.24, 2.45) is 0 Å². The fourth-order valence-electron chi connectivity index (χ4n) is 3.55. The van der Waals surface area contributed by atoms with Gasteiger partial charge in [-0.3, -0.25) is 0 Å². The van der Waals surface area contributed by atoms with E-state index in [2.05, 4.69) is 36.5 Å². The molecule has 0 bridgehead atoms.